The molecule has 162 valence electrons. The fourth-order valence-corrected chi connectivity index (χ4v) is 4.38. The minimum absolute atomic E-state index is 0.0423. The van der Waals surface area contributed by atoms with Gasteiger partial charge in [-0.3, -0.25) is 14.4 Å². The predicted molar refractivity (Wildman–Crippen MR) is 120 cm³/mol. The Morgan fingerprint density at radius 1 is 1.03 bits per heavy atom. The van der Waals surface area contributed by atoms with Crippen LogP contribution in [0.3, 0.4) is 0 Å². The van der Waals surface area contributed by atoms with Crippen LogP contribution in [0, 0.1) is 12.8 Å². The quantitative estimate of drug-likeness (QED) is 0.724. The number of aromatic hydroxyl groups is 1. The second-order valence-electron chi connectivity index (χ2n) is 7.97. The molecule has 0 radical (unpaired) electrons. The lowest BCUT2D eigenvalue weighted by Crippen LogP contribution is -2.52. The minimum Gasteiger partial charge on any atom is -0.507 e. The van der Waals surface area contributed by atoms with Crippen LogP contribution < -0.4 is 4.90 Å². The van der Waals surface area contributed by atoms with Gasteiger partial charge >= 0.3 is 0 Å². The summed E-state index contributed by atoms with van der Waals surface area (Å²) in [6.45, 7) is 3.97. The number of carbonyl (C=O) groups is 3. The number of hydrogen-bond donors (Lipinski definition) is 1. The summed E-state index contributed by atoms with van der Waals surface area (Å²) in [5.74, 6) is -0.749. The molecule has 3 amide bonds. The summed E-state index contributed by atoms with van der Waals surface area (Å²) in [4.78, 5) is 43.3. The highest BCUT2D eigenvalue weighted by molar-refractivity contribution is 9.10. The van der Waals surface area contributed by atoms with Crippen LogP contribution in [0.4, 0.5) is 5.69 Å². The topological polar surface area (TPSA) is 81.2 Å². The number of aryl methyl sites for hydroxylation is 1. The van der Waals surface area contributed by atoms with Gasteiger partial charge in [-0.15, -0.1) is 0 Å². The Bertz CT molecular complexity index is 1030. The summed E-state index contributed by atoms with van der Waals surface area (Å²) in [6.07, 6.45) is 0.199. The first-order valence-corrected chi connectivity index (χ1v) is 11.1. The fraction of sp³-hybridized carbons (Fsp3) is 0.348. The van der Waals surface area contributed by atoms with E-state index in [1.807, 2.05) is 25.1 Å². The van der Waals surface area contributed by atoms with Crippen molar-refractivity contribution >= 4 is 39.3 Å². The third-order valence-corrected chi connectivity index (χ3v) is 6.83. The molecule has 2 aromatic carbocycles. The van der Waals surface area contributed by atoms with Gasteiger partial charge in [-0.2, -0.15) is 0 Å². The van der Waals surface area contributed by atoms with Crippen LogP contribution in [-0.2, 0) is 9.59 Å². The van der Waals surface area contributed by atoms with Crippen molar-refractivity contribution in [1.82, 2.24) is 9.80 Å². The standard InChI is InChI=1S/C23H24BrN3O4/c1-15-12-17(6-7-19(15)24)27-14-16(13-21(27)29)22(30)25-8-10-26(11-9-25)23(31)18-4-2-3-5-20(18)28/h2-7,12,16,28H,8-11,13-14H2,1H3. The van der Waals surface area contributed by atoms with E-state index < -0.39 is 0 Å². The Balaban J connectivity index is 1.37. The molecule has 2 aliphatic rings. The van der Waals surface area contributed by atoms with E-state index in [1.165, 1.54) is 6.07 Å². The lowest BCUT2D eigenvalue weighted by molar-refractivity contribution is -0.137. The molecule has 1 N–H and O–H groups in total. The molecule has 0 aliphatic carbocycles. The van der Waals surface area contributed by atoms with Gasteiger partial charge in [0.05, 0.1) is 11.5 Å². The van der Waals surface area contributed by atoms with Crippen LogP contribution in [0.2, 0.25) is 0 Å². The second kappa shape index (κ2) is 8.70. The van der Waals surface area contributed by atoms with Crippen molar-refractivity contribution in [3.05, 3.63) is 58.1 Å². The molecule has 0 spiro atoms. The summed E-state index contributed by atoms with van der Waals surface area (Å²) in [6, 6.07) is 12.2. The molecule has 2 heterocycles. The molecule has 0 bridgehead atoms. The van der Waals surface area contributed by atoms with E-state index in [4.69, 9.17) is 0 Å². The smallest absolute Gasteiger partial charge is 0.257 e. The molecule has 31 heavy (non-hydrogen) atoms. The Morgan fingerprint density at radius 2 is 1.71 bits per heavy atom. The molecule has 1 atom stereocenters. The van der Waals surface area contributed by atoms with E-state index >= 15 is 0 Å². The number of phenols is 1. The summed E-state index contributed by atoms with van der Waals surface area (Å²) in [5.41, 5.74) is 2.11. The van der Waals surface area contributed by atoms with Crippen molar-refractivity contribution in [3.8, 4) is 5.75 Å². The van der Waals surface area contributed by atoms with E-state index in [9.17, 15) is 19.5 Å². The highest BCUT2D eigenvalue weighted by atomic mass is 79.9. The fourth-order valence-electron chi connectivity index (χ4n) is 4.13. The van der Waals surface area contributed by atoms with Gasteiger partial charge in [-0.25, -0.2) is 0 Å². The molecular weight excluding hydrogens is 462 g/mol. The first kappa shape index (κ1) is 21.4. The highest BCUT2D eigenvalue weighted by Crippen LogP contribution is 2.29. The van der Waals surface area contributed by atoms with Crippen molar-refractivity contribution in [3.63, 3.8) is 0 Å². The molecule has 2 aliphatic heterocycles. The van der Waals surface area contributed by atoms with Crippen molar-refractivity contribution in [2.24, 2.45) is 5.92 Å². The highest BCUT2D eigenvalue weighted by Gasteiger charge is 2.38. The SMILES string of the molecule is Cc1cc(N2CC(C(=O)N3CCN(C(=O)c4ccccc4O)CC3)CC2=O)ccc1Br. The molecule has 4 rings (SSSR count). The molecule has 0 saturated carbocycles. The van der Waals surface area contributed by atoms with E-state index in [1.54, 1.807) is 32.9 Å². The van der Waals surface area contributed by atoms with E-state index in [2.05, 4.69) is 15.9 Å². The van der Waals surface area contributed by atoms with Crippen LogP contribution in [0.5, 0.6) is 5.75 Å². The second-order valence-corrected chi connectivity index (χ2v) is 8.83. The van der Waals surface area contributed by atoms with Gasteiger partial charge in [0.25, 0.3) is 5.91 Å². The number of phenolic OH excluding ortho intramolecular Hbond substituents is 1. The Hall–Kier alpha value is -2.87. The largest absolute Gasteiger partial charge is 0.507 e. The van der Waals surface area contributed by atoms with Crippen LogP contribution >= 0.6 is 15.9 Å². The van der Waals surface area contributed by atoms with Crippen molar-refractivity contribution in [2.75, 3.05) is 37.6 Å². The molecule has 8 heteroatoms. The summed E-state index contributed by atoms with van der Waals surface area (Å²) in [5, 5.41) is 9.92. The van der Waals surface area contributed by atoms with Crippen LogP contribution in [0.25, 0.3) is 0 Å². The Labute approximate surface area is 189 Å². The van der Waals surface area contributed by atoms with Gasteiger partial charge in [-0.1, -0.05) is 28.1 Å². The monoisotopic (exact) mass is 485 g/mol. The summed E-state index contributed by atoms with van der Waals surface area (Å²) >= 11 is 3.47. The van der Waals surface area contributed by atoms with E-state index in [0.717, 1.165) is 15.7 Å². The predicted octanol–water partition coefficient (Wildman–Crippen LogP) is 2.80. The molecule has 0 aromatic heterocycles. The molecule has 1 unspecified atom stereocenters. The lowest BCUT2D eigenvalue weighted by Gasteiger charge is -2.36. The van der Waals surface area contributed by atoms with Gasteiger partial charge in [0, 0.05) is 49.3 Å². The molecule has 7 nitrogen and oxygen atoms in total. The summed E-state index contributed by atoms with van der Waals surface area (Å²) in [7, 11) is 0. The van der Waals surface area contributed by atoms with Gasteiger partial charge < -0.3 is 19.8 Å². The third kappa shape index (κ3) is 4.30. The van der Waals surface area contributed by atoms with Crippen LogP contribution in [-0.4, -0.2) is 65.4 Å². The van der Waals surface area contributed by atoms with Gasteiger partial charge in [0.1, 0.15) is 5.75 Å². The van der Waals surface area contributed by atoms with Crippen molar-refractivity contribution < 1.29 is 19.5 Å². The zero-order chi connectivity index (χ0) is 22.1. The molecule has 2 fully saturated rings. The Kier molecular flexibility index (Phi) is 6.00. The number of halogens is 1. The zero-order valence-corrected chi connectivity index (χ0v) is 18.8. The maximum atomic E-state index is 13.0. The van der Waals surface area contributed by atoms with Crippen LogP contribution in [0.15, 0.2) is 46.9 Å². The van der Waals surface area contributed by atoms with Gasteiger partial charge in [-0.05, 0) is 42.8 Å². The Morgan fingerprint density at radius 3 is 2.39 bits per heavy atom. The summed E-state index contributed by atoms with van der Waals surface area (Å²) < 4.78 is 0.978. The molecule has 2 aromatic rings. The number of rotatable bonds is 3. The normalized spacial score (nSPS) is 19.1. The van der Waals surface area contributed by atoms with Crippen molar-refractivity contribution in [2.45, 2.75) is 13.3 Å². The molecular formula is C23H24BrN3O4. The number of carbonyl (C=O) groups excluding carboxylic acids is 3. The zero-order valence-electron chi connectivity index (χ0n) is 17.3. The molecule has 2 saturated heterocycles. The maximum Gasteiger partial charge on any atom is 0.257 e. The van der Waals surface area contributed by atoms with E-state index in [-0.39, 0.29) is 41.4 Å². The van der Waals surface area contributed by atoms with Gasteiger partial charge in [0.2, 0.25) is 11.8 Å². The maximum absolute atomic E-state index is 13.0. The third-order valence-electron chi connectivity index (χ3n) is 5.94. The number of piperazine rings is 1. The average Bonchev–Trinajstić information content (AvgIpc) is 3.17. The number of amides is 3. The van der Waals surface area contributed by atoms with E-state index in [0.29, 0.717) is 32.7 Å². The number of benzene rings is 2. The minimum atomic E-state index is -0.378. The first-order chi connectivity index (χ1) is 14.8. The van der Waals surface area contributed by atoms with Crippen molar-refractivity contribution in [1.29, 1.82) is 0 Å². The number of hydrogen-bond acceptors (Lipinski definition) is 4. The number of anilines is 1. The number of para-hydroxylation sites is 1. The van der Waals surface area contributed by atoms with Crippen LogP contribution in [0.1, 0.15) is 22.3 Å². The lowest BCUT2D eigenvalue weighted by atomic mass is 10.1. The first-order valence-electron chi connectivity index (χ1n) is 10.3. The average molecular weight is 486 g/mol. The number of nitrogens with zero attached hydrogens (tertiary/aromatic N) is 3. The van der Waals surface area contributed by atoms with Gasteiger partial charge in [0.15, 0.2) is 0 Å².